The molecule has 0 amide bonds. The van der Waals surface area contributed by atoms with Gasteiger partial charge in [0.1, 0.15) is 5.65 Å². The van der Waals surface area contributed by atoms with Crippen molar-refractivity contribution in [2.45, 2.75) is 0 Å². The van der Waals surface area contributed by atoms with E-state index in [9.17, 15) is 0 Å². The number of pyridine rings is 1. The zero-order valence-electron chi connectivity index (χ0n) is 9.08. The fourth-order valence-electron chi connectivity index (χ4n) is 1.85. The summed E-state index contributed by atoms with van der Waals surface area (Å²) >= 11 is 2.27. The maximum Gasteiger partial charge on any atom is 0.482 e. The summed E-state index contributed by atoms with van der Waals surface area (Å²) in [5.41, 5.74) is 2.83. The maximum atomic E-state index is 5.26. The molecule has 0 N–H and O–H groups in total. The second-order valence-electron chi connectivity index (χ2n) is 3.71. The Morgan fingerprint density at radius 2 is 1.88 bits per heavy atom. The third kappa shape index (κ3) is 1.82. The van der Waals surface area contributed by atoms with Crippen LogP contribution in [0, 0.1) is 0 Å². The Bertz CT molecular complexity index is 630. The van der Waals surface area contributed by atoms with Gasteiger partial charge >= 0.3 is 16.6 Å². The highest BCUT2D eigenvalue weighted by Crippen LogP contribution is 2.28. The van der Waals surface area contributed by atoms with Gasteiger partial charge < -0.3 is 8.19 Å². The van der Waals surface area contributed by atoms with E-state index in [0.29, 0.717) is 0 Å². The topological polar surface area (TPSA) is 26.5 Å². The summed E-state index contributed by atoms with van der Waals surface area (Å²) in [6, 6.07) is 13.8. The van der Waals surface area contributed by atoms with Gasteiger partial charge in [0.05, 0.1) is 11.4 Å². The highest BCUT2D eigenvalue weighted by Gasteiger charge is 2.07. The second-order valence-corrected chi connectivity index (χ2v) is 3.94. The first kappa shape index (κ1) is 10.4. The number of fused-ring (bicyclic) bond motifs is 1. The molecule has 3 aromatic rings. The van der Waals surface area contributed by atoms with Gasteiger partial charge in [-0.3, -0.25) is 0 Å². The Morgan fingerprint density at radius 3 is 2.71 bits per heavy atom. The number of hydrogen-bond donors (Lipinski definition) is 0. The summed E-state index contributed by atoms with van der Waals surface area (Å²) in [5.74, 6) is 0.806. The van der Waals surface area contributed by atoms with Crippen LogP contribution in [0.4, 0.5) is 0 Å². The van der Waals surface area contributed by atoms with Crippen molar-refractivity contribution in [1.82, 2.24) is 9.38 Å². The Labute approximate surface area is 107 Å². The predicted octanol–water partition coefficient (Wildman–Crippen LogP) is 2.46. The van der Waals surface area contributed by atoms with Crippen molar-refractivity contribution < 1.29 is 3.79 Å². The van der Waals surface area contributed by atoms with E-state index in [1.807, 2.05) is 59.3 Å². The molecule has 0 aliphatic rings. The van der Waals surface area contributed by atoms with Crippen LogP contribution in [0.1, 0.15) is 0 Å². The lowest BCUT2D eigenvalue weighted by atomic mass is 10.1. The zero-order valence-corrected chi connectivity index (χ0v) is 10.2. The van der Waals surface area contributed by atoms with Gasteiger partial charge in [-0.25, -0.2) is 4.98 Å². The molecule has 3 nitrogen and oxygen atoms in total. The van der Waals surface area contributed by atoms with Crippen LogP contribution in [0.25, 0.3) is 16.9 Å². The van der Waals surface area contributed by atoms with Gasteiger partial charge in [-0.2, -0.15) is 0 Å². The van der Waals surface area contributed by atoms with E-state index in [-0.39, 0.29) is 0 Å². The van der Waals surface area contributed by atoms with Gasteiger partial charge in [0, 0.05) is 18.0 Å². The Balaban J connectivity index is 2.20. The highest BCUT2D eigenvalue weighted by atomic mass is 27.1. The average molecular weight is 236 g/mol. The zero-order chi connectivity index (χ0) is 11.7. The van der Waals surface area contributed by atoms with Gasteiger partial charge in [0.25, 0.3) is 0 Å². The molecule has 2 aromatic heterocycles. The molecule has 2 radical (unpaired) electrons. The molecule has 0 aliphatic heterocycles. The first-order valence-electron chi connectivity index (χ1n) is 5.28. The van der Waals surface area contributed by atoms with Crippen LogP contribution in [0.5, 0.6) is 5.75 Å². The Morgan fingerprint density at radius 1 is 1.06 bits per heavy atom. The standard InChI is InChI=1S/C13H10N2O.Al/c16-12-6-2-1-5-10(12)11-9-15-8-4-3-7-13(15)14-11;/h1-9,16H;/q;+1/p-1. The molecule has 0 bridgehead atoms. The Kier molecular flexibility index (Phi) is 2.60. The Hall–Kier alpha value is -1.76. The number of benzene rings is 1. The summed E-state index contributed by atoms with van der Waals surface area (Å²) in [4.78, 5) is 4.57. The summed E-state index contributed by atoms with van der Waals surface area (Å²) in [5, 5.41) is 0. The molecular formula is C13H9AlN2O. The van der Waals surface area contributed by atoms with Gasteiger partial charge in [-0.05, 0) is 24.3 Å². The van der Waals surface area contributed by atoms with E-state index in [1.54, 1.807) is 0 Å². The minimum absolute atomic E-state index is 0.806. The lowest BCUT2D eigenvalue weighted by Gasteiger charge is -2.06. The molecule has 0 aliphatic carbocycles. The first-order chi connectivity index (χ1) is 8.38. The normalized spacial score (nSPS) is 10.6. The molecule has 0 fully saturated rings. The lowest BCUT2D eigenvalue weighted by Crippen LogP contribution is -1.88. The lowest BCUT2D eigenvalue weighted by molar-refractivity contribution is 0.618. The molecule has 80 valence electrons. The van der Waals surface area contributed by atoms with E-state index >= 15 is 0 Å². The summed E-state index contributed by atoms with van der Waals surface area (Å²) in [7, 11) is 0. The third-order valence-electron chi connectivity index (χ3n) is 2.65. The smallest absolute Gasteiger partial charge is 0.482 e. The van der Waals surface area contributed by atoms with Gasteiger partial charge in [-0.15, -0.1) is 0 Å². The maximum absolute atomic E-state index is 5.26. The molecule has 0 atom stereocenters. The molecule has 4 heteroatoms. The molecule has 0 spiro atoms. The number of aromatic nitrogens is 2. The monoisotopic (exact) mass is 236 g/mol. The van der Waals surface area contributed by atoms with Crippen LogP contribution in [0.15, 0.2) is 54.9 Å². The van der Waals surface area contributed by atoms with E-state index in [0.717, 1.165) is 22.7 Å². The fourth-order valence-corrected chi connectivity index (χ4v) is 2.05. The van der Waals surface area contributed by atoms with Crippen molar-refractivity contribution >= 4 is 22.3 Å². The van der Waals surface area contributed by atoms with Crippen molar-refractivity contribution in [3.05, 3.63) is 54.9 Å². The van der Waals surface area contributed by atoms with E-state index in [2.05, 4.69) is 21.6 Å². The summed E-state index contributed by atoms with van der Waals surface area (Å²) in [6.07, 6.45) is 3.98. The summed E-state index contributed by atoms with van der Waals surface area (Å²) in [6.45, 7) is 0. The molecular weight excluding hydrogens is 227 g/mol. The van der Waals surface area contributed by atoms with Crippen molar-refractivity contribution in [1.29, 1.82) is 0 Å². The number of imidazole rings is 1. The quantitative estimate of drug-likeness (QED) is 0.639. The largest absolute Gasteiger partial charge is 0.653 e. The minimum atomic E-state index is 0.806. The summed E-state index contributed by atoms with van der Waals surface area (Å²) < 4.78 is 7.26. The van der Waals surface area contributed by atoms with Crippen LogP contribution in [-0.4, -0.2) is 26.0 Å². The van der Waals surface area contributed by atoms with Gasteiger partial charge in [0.2, 0.25) is 0 Å². The van der Waals surface area contributed by atoms with Crippen molar-refractivity contribution in [3.8, 4) is 17.0 Å². The molecule has 2 heterocycles. The van der Waals surface area contributed by atoms with Crippen LogP contribution in [-0.2, 0) is 0 Å². The van der Waals surface area contributed by atoms with E-state index < -0.39 is 0 Å². The molecule has 1 aromatic carbocycles. The molecule has 0 unspecified atom stereocenters. The minimum Gasteiger partial charge on any atom is -0.653 e. The second kappa shape index (κ2) is 4.25. The third-order valence-corrected chi connectivity index (χ3v) is 2.91. The van der Waals surface area contributed by atoms with Gasteiger partial charge in [0.15, 0.2) is 0 Å². The fraction of sp³-hybridized carbons (Fsp3) is 0. The number of para-hydroxylation sites is 1. The van der Waals surface area contributed by atoms with Crippen LogP contribution < -0.4 is 3.79 Å². The SMILES string of the molecule is [Al][O]c1ccccc1-c1cn2ccccc2n1. The van der Waals surface area contributed by atoms with Crippen molar-refractivity contribution in [2.24, 2.45) is 0 Å². The van der Waals surface area contributed by atoms with E-state index in [1.165, 1.54) is 0 Å². The predicted molar refractivity (Wildman–Crippen MR) is 67.0 cm³/mol. The van der Waals surface area contributed by atoms with Crippen molar-refractivity contribution in [2.75, 3.05) is 0 Å². The number of hydrogen-bond acceptors (Lipinski definition) is 2. The van der Waals surface area contributed by atoms with Crippen LogP contribution in [0.3, 0.4) is 0 Å². The number of nitrogens with zero attached hydrogens (tertiary/aromatic N) is 2. The van der Waals surface area contributed by atoms with Crippen molar-refractivity contribution in [3.63, 3.8) is 0 Å². The first-order valence-corrected chi connectivity index (χ1v) is 5.75. The molecule has 0 saturated heterocycles. The van der Waals surface area contributed by atoms with Crippen LogP contribution >= 0.6 is 0 Å². The molecule has 17 heavy (non-hydrogen) atoms. The van der Waals surface area contributed by atoms with Crippen LogP contribution in [0.2, 0.25) is 0 Å². The molecule has 3 rings (SSSR count). The average Bonchev–Trinajstić information content (AvgIpc) is 2.82. The highest BCUT2D eigenvalue weighted by molar-refractivity contribution is 6.00. The van der Waals surface area contributed by atoms with Gasteiger partial charge in [-0.1, -0.05) is 18.2 Å². The molecule has 0 saturated carbocycles. The number of rotatable bonds is 2. The van der Waals surface area contributed by atoms with E-state index in [4.69, 9.17) is 3.79 Å².